The van der Waals surface area contributed by atoms with E-state index in [2.05, 4.69) is 16.3 Å². The van der Waals surface area contributed by atoms with Gasteiger partial charge in [-0.2, -0.15) is 5.10 Å². The average molecular weight is 568 g/mol. The minimum Gasteiger partial charge on any atom is -0.311 e. The molecule has 0 bridgehead atoms. The summed E-state index contributed by atoms with van der Waals surface area (Å²) in [5.41, 5.74) is 4.79. The van der Waals surface area contributed by atoms with Gasteiger partial charge < -0.3 is 4.90 Å². The molecule has 1 aromatic heterocycles. The van der Waals surface area contributed by atoms with Crippen LogP contribution in [0.15, 0.2) is 109 Å². The Morgan fingerprint density at radius 1 is 0.767 bits per heavy atom. The van der Waals surface area contributed by atoms with E-state index in [1.807, 2.05) is 84.9 Å². The Balaban J connectivity index is 1.37. The lowest BCUT2D eigenvalue weighted by Crippen LogP contribution is -2.44. The number of carbonyl (C=O) groups is 3. The Labute approximate surface area is 248 Å². The van der Waals surface area contributed by atoms with Crippen molar-refractivity contribution in [2.24, 2.45) is 0 Å². The molecule has 43 heavy (non-hydrogen) atoms. The largest absolute Gasteiger partial charge is 0.311 e. The normalized spacial score (nSPS) is 16.2. The zero-order valence-corrected chi connectivity index (χ0v) is 23.4. The maximum Gasteiger partial charge on any atom is 0.268 e. The SMILES string of the molecule is O=C(CN1C(=O)/C(=C/c2n[nH]c3ccccc23)C(=O)N(c2ccccc2)c2ccccc21)N1CCCCc2ccccc21. The number of fused-ring (bicyclic) bond motifs is 3. The van der Waals surface area contributed by atoms with Crippen molar-refractivity contribution in [1.29, 1.82) is 0 Å². The van der Waals surface area contributed by atoms with Gasteiger partial charge in [-0.15, -0.1) is 0 Å². The Morgan fingerprint density at radius 2 is 1.47 bits per heavy atom. The van der Waals surface area contributed by atoms with Crippen molar-refractivity contribution >= 4 is 57.5 Å². The summed E-state index contributed by atoms with van der Waals surface area (Å²) in [5.74, 6) is -1.26. The van der Waals surface area contributed by atoms with Crippen LogP contribution in [0.2, 0.25) is 0 Å². The molecule has 8 nitrogen and oxygen atoms in total. The van der Waals surface area contributed by atoms with Gasteiger partial charge in [-0.25, -0.2) is 0 Å². The number of carbonyl (C=O) groups excluding carboxylic acids is 3. The standard InChI is InChI=1S/C35H29N5O3/c41-33(38-21-11-10-13-24-12-4-7-18-30(24)38)23-39-31-19-8-9-20-32(31)40(25-14-2-1-3-15-25)35(43)27(34(39)42)22-29-26-16-5-6-17-28(26)36-37-29/h1-9,12,14-20,22H,10-11,13,21,23H2,(H,36,37)/b27-22-. The zero-order chi connectivity index (χ0) is 29.3. The first-order chi connectivity index (χ1) is 21.1. The van der Waals surface area contributed by atoms with Crippen molar-refractivity contribution in [3.05, 3.63) is 120 Å². The van der Waals surface area contributed by atoms with E-state index in [1.165, 1.54) is 11.0 Å². The van der Waals surface area contributed by atoms with Crippen LogP contribution in [0.1, 0.15) is 24.1 Å². The quantitative estimate of drug-likeness (QED) is 0.212. The summed E-state index contributed by atoms with van der Waals surface area (Å²) in [6, 6.07) is 31.9. The van der Waals surface area contributed by atoms with Crippen LogP contribution >= 0.6 is 0 Å². The van der Waals surface area contributed by atoms with Crippen LogP contribution in [-0.4, -0.2) is 41.0 Å². The predicted molar refractivity (Wildman–Crippen MR) is 168 cm³/mol. The smallest absolute Gasteiger partial charge is 0.268 e. The molecule has 8 heteroatoms. The molecule has 0 saturated carbocycles. The summed E-state index contributed by atoms with van der Waals surface area (Å²) in [6.45, 7) is 0.343. The summed E-state index contributed by atoms with van der Waals surface area (Å²) < 4.78 is 0. The maximum atomic E-state index is 14.5. The number of nitrogens with zero attached hydrogens (tertiary/aromatic N) is 4. The maximum absolute atomic E-state index is 14.5. The van der Waals surface area contributed by atoms with Gasteiger partial charge in [0, 0.05) is 23.3 Å². The number of hydrogen-bond donors (Lipinski definition) is 1. The Bertz CT molecular complexity index is 1890. The van der Waals surface area contributed by atoms with Crippen LogP contribution in [-0.2, 0) is 20.8 Å². The van der Waals surface area contributed by atoms with Gasteiger partial charge in [0.25, 0.3) is 11.8 Å². The van der Waals surface area contributed by atoms with E-state index in [0.29, 0.717) is 29.3 Å². The lowest BCUT2D eigenvalue weighted by Gasteiger charge is -2.28. The first-order valence-electron chi connectivity index (χ1n) is 14.4. The molecule has 3 amide bonds. The third-order valence-corrected chi connectivity index (χ3v) is 8.07. The number of hydrogen-bond acceptors (Lipinski definition) is 4. The number of rotatable bonds is 4. The predicted octanol–water partition coefficient (Wildman–Crippen LogP) is 6.03. The van der Waals surface area contributed by atoms with Crippen LogP contribution < -0.4 is 14.7 Å². The summed E-state index contributed by atoms with van der Waals surface area (Å²) in [4.78, 5) is 47.7. The average Bonchev–Trinajstić information content (AvgIpc) is 3.29. The molecule has 0 radical (unpaired) electrons. The number of aromatic amines is 1. The topological polar surface area (TPSA) is 89.6 Å². The molecule has 5 aromatic rings. The molecule has 4 aromatic carbocycles. The Kier molecular flexibility index (Phi) is 6.79. The van der Waals surface area contributed by atoms with E-state index >= 15 is 0 Å². The molecule has 0 spiro atoms. The van der Waals surface area contributed by atoms with Gasteiger partial charge in [0.1, 0.15) is 12.1 Å². The van der Waals surface area contributed by atoms with E-state index in [4.69, 9.17) is 0 Å². The van der Waals surface area contributed by atoms with Crippen molar-refractivity contribution in [2.45, 2.75) is 19.3 Å². The second kappa shape index (κ2) is 11.1. The second-order valence-electron chi connectivity index (χ2n) is 10.7. The van der Waals surface area contributed by atoms with Crippen LogP contribution in [0.25, 0.3) is 17.0 Å². The van der Waals surface area contributed by atoms with Gasteiger partial charge in [-0.1, -0.05) is 66.7 Å². The summed E-state index contributed by atoms with van der Waals surface area (Å²) >= 11 is 0. The number of amides is 3. The monoisotopic (exact) mass is 567 g/mol. The van der Waals surface area contributed by atoms with Crippen LogP contribution in [0.3, 0.4) is 0 Å². The highest BCUT2D eigenvalue weighted by Gasteiger charge is 2.38. The minimum atomic E-state index is -0.556. The fraction of sp³-hybridized carbons (Fsp3) is 0.143. The number of H-pyrrole nitrogens is 1. The van der Waals surface area contributed by atoms with E-state index in [1.54, 1.807) is 21.9 Å². The van der Waals surface area contributed by atoms with Crippen molar-refractivity contribution in [3.8, 4) is 0 Å². The van der Waals surface area contributed by atoms with Gasteiger partial charge in [-0.05, 0) is 67.3 Å². The summed E-state index contributed by atoms with van der Waals surface area (Å²) in [6.07, 6.45) is 4.28. The third kappa shape index (κ3) is 4.76. The molecule has 0 fully saturated rings. The summed E-state index contributed by atoms with van der Waals surface area (Å²) in [5, 5.41) is 8.18. The number of anilines is 4. The third-order valence-electron chi connectivity index (χ3n) is 8.07. The Hall–Kier alpha value is -5.50. The number of para-hydroxylation sites is 5. The minimum absolute atomic E-state index is 0.0821. The van der Waals surface area contributed by atoms with Gasteiger partial charge in [-0.3, -0.25) is 29.3 Å². The van der Waals surface area contributed by atoms with Crippen molar-refractivity contribution in [3.63, 3.8) is 0 Å². The summed E-state index contributed by atoms with van der Waals surface area (Å²) in [7, 11) is 0. The van der Waals surface area contributed by atoms with E-state index in [0.717, 1.165) is 41.4 Å². The molecule has 212 valence electrons. The number of nitrogens with one attached hydrogen (secondary N) is 1. The van der Waals surface area contributed by atoms with Gasteiger partial charge >= 0.3 is 0 Å². The highest BCUT2D eigenvalue weighted by atomic mass is 16.2. The van der Waals surface area contributed by atoms with Crippen molar-refractivity contribution in [2.75, 3.05) is 27.8 Å². The lowest BCUT2D eigenvalue weighted by atomic mass is 10.1. The van der Waals surface area contributed by atoms with E-state index < -0.39 is 11.8 Å². The molecule has 0 atom stereocenters. The van der Waals surface area contributed by atoms with Crippen LogP contribution in [0.4, 0.5) is 22.7 Å². The molecule has 2 aliphatic heterocycles. The number of aromatic nitrogens is 2. The van der Waals surface area contributed by atoms with Crippen LogP contribution in [0.5, 0.6) is 0 Å². The van der Waals surface area contributed by atoms with E-state index in [9.17, 15) is 14.4 Å². The van der Waals surface area contributed by atoms with Crippen LogP contribution in [0, 0.1) is 0 Å². The molecule has 2 aliphatic rings. The molecule has 1 N–H and O–H groups in total. The lowest BCUT2D eigenvalue weighted by molar-refractivity contribution is -0.123. The Morgan fingerprint density at radius 3 is 2.30 bits per heavy atom. The first-order valence-corrected chi connectivity index (χ1v) is 14.4. The number of aryl methyl sites for hydroxylation is 1. The van der Waals surface area contributed by atoms with Gasteiger partial charge in [0.05, 0.1) is 22.6 Å². The van der Waals surface area contributed by atoms with Gasteiger partial charge in [0.15, 0.2) is 0 Å². The van der Waals surface area contributed by atoms with Gasteiger partial charge in [0.2, 0.25) is 5.91 Å². The highest BCUT2D eigenvalue weighted by Crippen LogP contribution is 2.40. The molecule has 3 heterocycles. The fourth-order valence-electron chi connectivity index (χ4n) is 5.97. The van der Waals surface area contributed by atoms with Crippen molar-refractivity contribution < 1.29 is 14.4 Å². The molecular weight excluding hydrogens is 538 g/mol. The zero-order valence-electron chi connectivity index (χ0n) is 23.4. The molecule has 0 saturated heterocycles. The molecule has 0 aliphatic carbocycles. The molecule has 7 rings (SSSR count). The fourth-order valence-corrected chi connectivity index (χ4v) is 5.97. The molecule has 0 unspecified atom stereocenters. The molecular formula is C35H29N5O3. The highest BCUT2D eigenvalue weighted by molar-refractivity contribution is 6.35. The first kappa shape index (κ1) is 26.4. The number of benzene rings is 4. The van der Waals surface area contributed by atoms with E-state index in [-0.39, 0.29) is 18.0 Å². The van der Waals surface area contributed by atoms with Crippen molar-refractivity contribution in [1.82, 2.24) is 10.2 Å². The second-order valence-corrected chi connectivity index (χ2v) is 10.7.